The number of aliphatic hydroxyl groups excluding tert-OH is 1. The van der Waals surface area contributed by atoms with E-state index in [4.69, 9.17) is 4.74 Å². The van der Waals surface area contributed by atoms with Crippen molar-refractivity contribution >= 4 is 0 Å². The normalized spacial score (nSPS) is 28.6. The Labute approximate surface area is 122 Å². The minimum absolute atomic E-state index is 0.221. The molecule has 0 aromatic heterocycles. The second-order valence-electron chi connectivity index (χ2n) is 6.03. The first-order valence-electron chi connectivity index (χ1n) is 7.57. The highest BCUT2D eigenvalue weighted by Crippen LogP contribution is 2.35. The summed E-state index contributed by atoms with van der Waals surface area (Å²) in [7, 11) is 3.83. The molecule has 112 valence electrons. The zero-order chi connectivity index (χ0) is 14.5. The summed E-state index contributed by atoms with van der Waals surface area (Å²) in [5.74, 6) is 0.557. The fraction of sp³-hybridized carbons (Fsp3) is 0.647. The Balaban J connectivity index is 2.05. The SMILES string of the molecule is COCC(C)N(C)C1CC(c2ccccc2)CCC1O. The molecule has 20 heavy (non-hydrogen) atoms. The van der Waals surface area contributed by atoms with Crippen molar-refractivity contribution < 1.29 is 9.84 Å². The van der Waals surface area contributed by atoms with Crippen LogP contribution in [-0.2, 0) is 4.74 Å². The fourth-order valence-electron chi connectivity index (χ4n) is 3.28. The summed E-state index contributed by atoms with van der Waals surface area (Å²) in [6, 6.07) is 11.2. The fourth-order valence-corrected chi connectivity index (χ4v) is 3.28. The molecule has 0 amide bonds. The molecule has 3 heteroatoms. The number of hydrogen-bond acceptors (Lipinski definition) is 3. The van der Waals surface area contributed by atoms with Gasteiger partial charge in [-0.15, -0.1) is 0 Å². The van der Waals surface area contributed by atoms with Crippen molar-refractivity contribution in [2.24, 2.45) is 0 Å². The summed E-state index contributed by atoms with van der Waals surface area (Å²) < 4.78 is 5.24. The van der Waals surface area contributed by atoms with Crippen LogP contribution in [0.1, 0.15) is 37.7 Å². The van der Waals surface area contributed by atoms with Crippen LogP contribution < -0.4 is 0 Å². The molecular weight excluding hydrogens is 250 g/mol. The molecule has 3 nitrogen and oxygen atoms in total. The van der Waals surface area contributed by atoms with Crippen molar-refractivity contribution in [3.63, 3.8) is 0 Å². The minimum Gasteiger partial charge on any atom is -0.391 e. The van der Waals surface area contributed by atoms with E-state index in [-0.39, 0.29) is 12.1 Å². The Kier molecular flexibility index (Phi) is 5.58. The third-order valence-electron chi connectivity index (χ3n) is 4.68. The van der Waals surface area contributed by atoms with E-state index in [0.29, 0.717) is 18.6 Å². The predicted octanol–water partition coefficient (Wildman–Crippen LogP) is 2.65. The van der Waals surface area contributed by atoms with Crippen LogP contribution in [-0.4, -0.2) is 49.0 Å². The van der Waals surface area contributed by atoms with E-state index < -0.39 is 0 Å². The lowest BCUT2D eigenvalue weighted by Crippen LogP contribution is -2.49. The Bertz CT molecular complexity index is 395. The zero-order valence-electron chi connectivity index (χ0n) is 12.8. The van der Waals surface area contributed by atoms with Gasteiger partial charge in [0.15, 0.2) is 0 Å². The molecule has 1 aromatic rings. The molecule has 1 N–H and O–H groups in total. The maximum atomic E-state index is 10.3. The molecule has 1 aromatic carbocycles. The van der Waals surface area contributed by atoms with Gasteiger partial charge in [-0.05, 0) is 44.7 Å². The number of methoxy groups -OCH3 is 1. The molecule has 2 rings (SSSR count). The summed E-state index contributed by atoms with van der Waals surface area (Å²) in [6.07, 6.45) is 2.76. The highest BCUT2D eigenvalue weighted by atomic mass is 16.5. The highest BCUT2D eigenvalue weighted by Gasteiger charge is 2.34. The molecule has 0 heterocycles. The number of benzene rings is 1. The summed E-state index contributed by atoms with van der Waals surface area (Å²) in [4.78, 5) is 2.28. The molecule has 4 atom stereocenters. The molecule has 4 unspecified atom stereocenters. The van der Waals surface area contributed by atoms with Crippen LogP contribution in [0.2, 0.25) is 0 Å². The Hall–Kier alpha value is -0.900. The molecule has 0 aliphatic heterocycles. The maximum absolute atomic E-state index is 10.3. The van der Waals surface area contributed by atoms with Crippen LogP contribution in [0.4, 0.5) is 0 Å². The van der Waals surface area contributed by atoms with Crippen molar-refractivity contribution in [1.29, 1.82) is 0 Å². The number of nitrogens with zero attached hydrogens (tertiary/aromatic N) is 1. The number of ether oxygens (including phenoxy) is 1. The van der Waals surface area contributed by atoms with Gasteiger partial charge in [-0.25, -0.2) is 0 Å². The second kappa shape index (κ2) is 7.21. The molecule has 1 aliphatic rings. The molecule has 0 spiro atoms. The Morgan fingerprint density at radius 3 is 2.65 bits per heavy atom. The van der Waals surface area contributed by atoms with Crippen LogP contribution in [0.15, 0.2) is 30.3 Å². The van der Waals surface area contributed by atoms with E-state index in [2.05, 4.69) is 49.2 Å². The van der Waals surface area contributed by atoms with Crippen LogP contribution in [0.25, 0.3) is 0 Å². The van der Waals surface area contributed by atoms with Crippen molar-refractivity contribution in [2.45, 2.75) is 50.3 Å². The summed E-state index contributed by atoms with van der Waals surface area (Å²) >= 11 is 0. The Morgan fingerprint density at radius 1 is 1.30 bits per heavy atom. The second-order valence-corrected chi connectivity index (χ2v) is 6.03. The lowest BCUT2D eigenvalue weighted by Gasteiger charge is -2.41. The largest absolute Gasteiger partial charge is 0.391 e. The number of likely N-dealkylation sites (N-methyl/N-ethyl adjacent to an activating group) is 1. The van der Waals surface area contributed by atoms with Gasteiger partial charge in [0, 0.05) is 19.2 Å². The summed E-state index contributed by atoms with van der Waals surface area (Å²) in [5, 5.41) is 10.3. The molecule has 0 bridgehead atoms. The van der Waals surface area contributed by atoms with Crippen molar-refractivity contribution in [1.82, 2.24) is 4.90 Å². The van der Waals surface area contributed by atoms with Crippen molar-refractivity contribution in [3.05, 3.63) is 35.9 Å². The van der Waals surface area contributed by atoms with Crippen LogP contribution in [0, 0.1) is 0 Å². The zero-order valence-corrected chi connectivity index (χ0v) is 12.8. The van der Waals surface area contributed by atoms with Crippen molar-refractivity contribution in [3.8, 4) is 0 Å². The molecular formula is C17H27NO2. The molecule has 1 fully saturated rings. The lowest BCUT2D eigenvalue weighted by molar-refractivity contribution is -0.00607. The number of rotatable bonds is 5. The van der Waals surface area contributed by atoms with Gasteiger partial charge in [-0.1, -0.05) is 30.3 Å². The number of hydrogen-bond donors (Lipinski definition) is 1. The predicted molar refractivity (Wildman–Crippen MR) is 81.9 cm³/mol. The number of aliphatic hydroxyl groups is 1. The van der Waals surface area contributed by atoms with Crippen LogP contribution in [0.3, 0.4) is 0 Å². The van der Waals surface area contributed by atoms with Crippen LogP contribution >= 0.6 is 0 Å². The van der Waals surface area contributed by atoms with Gasteiger partial charge in [-0.3, -0.25) is 4.90 Å². The first-order chi connectivity index (χ1) is 9.63. The van der Waals surface area contributed by atoms with Crippen LogP contribution in [0.5, 0.6) is 0 Å². The topological polar surface area (TPSA) is 32.7 Å². The molecule has 0 saturated heterocycles. The smallest absolute Gasteiger partial charge is 0.0695 e. The van der Waals surface area contributed by atoms with E-state index in [1.807, 2.05) is 0 Å². The minimum atomic E-state index is -0.223. The van der Waals surface area contributed by atoms with Gasteiger partial charge in [0.1, 0.15) is 0 Å². The monoisotopic (exact) mass is 277 g/mol. The van der Waals surface area contributed by atoms with Gasteiger partial charge in [-0.2, -0.15) is 0 Å². The molecule has 1 saturated carbocycles. The van der Waals surface area contributed by atoms with Gasteiger partial charge in [0.05, 0.1) is 12.7 Å². The van der Waals surface area contributed by atoms with E-state index >= 15 is 0 Å². The third kappa shape index (κ3) is 3.60. The quantitative estimate of drug-likeness (QED) is 0.898. The molecule has 1 aliphatic carbocycles. The van der Waals surface area contributed by atoms with Gasteiger partial charge in [0.2, 0.25) is 0 Å². The van der Waals surface area contributed by atoms with E-state index in [1.54, 1.807) is 7.11 Å². The van der Waals surface area contributed by atoms with E-state index in [9.17, 15) is 5.11 Å². The lowest BCUT2D eigenvalue weighted by atomic mass is 9.79. The third-order valence-corrected chi connectivity index (χ3v) is 4.68. The Morgan fingerprint density at radius 2 is 2.00 bits per heavy atom. The standard InChI is InChI=1S/C17H27NO2/c1-13(12-20-3)18(2)16-11-15(9-10-17(16)19)14-7-5-4-6-8-14/h4-8,13,15-17,19H,9-12H2,1-3H3. The van der Waals surface area contributed by atoms with E-state index in [0.717, 1.165) is 19.3 Å². The first-order valence-corrected chi connectivity index (χ1v) is 7.57. The average Bonchev–Trinajstić information content (AvgIpc) is 2.48. The molecule has 0 radical (unpaired) electrons. The van der Waals surface area contributed by atoms with Crippen molar-refractivity contribution in [2.75, 3.05) is 20.8 Å². The first kappa shape index (κ1) is 15.5. The summed E-state index contributed by atoms with van der Waals surface area (Å²) in [5.41, 5.74) is 1.40. The van der Waals surface area contributed by atoms with Gasteiger partial charge < -0.3 is 9.84 Å². The highest BCUT2D eigenvalue weighted by molar-refractivity contribution is 5.20. The summed E-state index contributed by atoms with van der Waals surface area (Å²) in [6.45, 7) is 2.86. The van der Waals surface area contributed by atoms with Gasteiger partial charge in [0.25, 0.3) is 0 Å². The van der Waals surface area contributed by atoms with Gasteiger partial charge >= 0.3 is 0 Å². The average molecular weight is 277 g/mol. The maximum Gasteiger partial charge on any atom is 0.0695 e. The van der Waals surface area contributed by atoms with E-state index in [1.165, 1.54) is 5.56 Å².